The number of aliphatic hydroxyl groups excluding tert-OH is 1. The molecule has 2 nitrogen and oxygen atoms in total. The Bertz CT molecular complexity index is 150. The van der Waals surface area contributed by atoms with E-state index in [0.29, 0.717) is 0 Å². The molecule has 2 atom stereocenters. The quantitative estimate of drug-likeness (QED) is 0.721. The van der Waals surface area contributed by atoms with Crippen molar-refractivity contribution in [2.75, 3.05) is 7.11 Å². The fourth-order valence-corrected chi connectivity index (χ4v) is 1.41. The van der Waals surface area contributed by atoms with E-state index in [2.05, 4.69) is 20.8 Å². The van der Waals surface area contributed by atoms with Gasteiger partial charge in [-0.25, -0.2) is 0 Å². The first kappa shape index (κ1) is 12.9. The molecule has 13 heavy (non-hydrogen) atoms. The molecule has 0 saturated heterocycles. The first-order valence-electron chi connectivity index (χ1n) is 4.81. The van der Waals surface area contributed by atoms with Crippen LogP contribution in [0.4, 0.5) is 0 Å². The predicted molar refractivity (Wildman–Crippen MR) is 55.7 cm³/mol. The van der Waals surface area contributed by atoms with Gasteiger partial charge in [-0.2, -0.15) is 0 Å². The normalized spacial score (nSPS) is 18.5. The van der Waals surface area contributed by atoms with Crippen LogP contribution in [0.2, 0.25) is 0 Å². The molecule has 0 radical (unpaired) electrons. The topological polar surface area (TPSA) is 29.5 Å². The van der Waals surface area contributed by atoms with Crippen LogP contribution in [0.5, 0.6) is 0 Å². The van der Waals surface area contributed by atoms with Gasteiger partial charge in [0.2, 0.25) is 0 Å². The highest BCUT2D eigenvalue weighted by atomic mass is 16.5. The van der Waals surface area contributed by atoms with Gasteiger partial charge in [0.1, 0.15) is 0 Å². The Balaban J connectivity index is 4.61. The lowest BCUT2D eigenvalue weighted by Crippen LogP contribution is -2.46. The zero-order valence-electron chi connectivity index (χ0n) is 10.0. The van der Waals surface area contributed by atoms with Gasteiger partial charge in [-0.05, 0) is 10.8 Å². The summed E-state index contributed by atoms with van der Waals surface area (Å²) in [5.74, 6) is 0. The van der Waals surface area contributed by atoms with E-state index in [1.165, 1.54) is 0 Å². The summed E-state index contributed by atoms with van der Waals surface area (Å²) in [7, 11) is 1.66. The zero-order chi connectivity index (χ0) is 10.9. The van der Waals surface area contributed by atoms with Gasteiger partial charge in [-0.3, -0.25) is 0 Å². The number of rotatable bonds is 2. The Morgan fingerprint density at radius 1 is 0.923 bits per heavy atom. The molecular formula is C11H24O2. The van der Waals surface area contributed by atoms with Crippen LogP contribution in [0.1, 0.15) is 41.5 Å². The Hall–Kier alpha value is -0.0800. The van der Waals surface area contributed by atoms with Crippen molar-refractivity contribution in [2.24, 2.45) is 10.8 Å². The van der Waals surface area contributed by atoms with Crippen molar-refractivity contribution in [1.82, 2.24) is 0 Å². The maximum absolute atomic E-state index is 10.1. The molecule has 0 saturated carbocycles. The summed E-state index contributed by atoms with van der Waals surface area (Å²) in [5, 5.41) is 10.1. The van der Waals surface area contributed by atoms with Crippen LogP contribution >= 0.6 is 0 Å². The minimum Gasteiger partial charge on any atom is -0.390 e. The second kappa shape index (κ2) is 3.97. The molecule has 1 N–H and O–H groups in total. The Morgan fingerprint density at radius 2 is 1.31 bits per heavy atom. The molecule has 0 aliphatic carbocycles. The van der Waals surface area contributed by atoms with E-state index in [-0.39, 0.29) is 16.9 Å². The van der Waals surface area contributed by atoms with E-state index in [1.54, 1.807) is 7.11 Å². The van der Waals surface area contributed by atoms with E-state index < -0.39 is 6.10 Å². The van der Waals surface area contributed by atoms with Crippen LogP contribution in [-0.4, -0.2) is 24.4 Å². The number of hydrogen-bond donors (Lipinski definition) is 1. The summed E-state index contributed by atoms with van der Waals surface area (Å²) in [4.78, 5) is 0. The molecule has 0 aromatic heterocycles. The fraction of sp³-hybridized carbons (Fsp3) is 1.00. The highest BCUT2D eigenvalue weighted by Crippen LogP contribution is 2.32. The van der Waals surface area contributed by atoms with E-state index in [9.17, 15) is 5.11 Å². The van der Waals surface area contributed by atoms with Crippen LogP contribution < -0.4 is 0 Å². The highest BCUT2D eigenvalue weighted by molar-refractivity contribution is 4.87. The summed E-state index contributed by atoms with van der Waals surface area (Å²) in [5.41, 5.74) is -0.157. The third-order valence-corrected chi connectivity index (χ3v) is 2.28. The zero-order valence-corrected chi connectivity index (χ0v) is 10.0. The number of methoxy groups -OCH3 is 1. The first-order valence-corrected chi connectivity index (χ1v) is 4.81. The van der Waals surface area contributed by atoms with Crippen molar-refractivity contribution in [3.05, 3.63) is 0 Å². The smallest absolute Gasteiger partial charge is 0.0883 e. The molecule has 0 spiro atoms. The Labute approximate surface area is 82.3 Å². The Kier molecular flexibility index (Phi) is 3.95. The molecule has 0 aliphatic heterocycles. The maximum atomic E-state index is 10.1. The van der Waals surface area contributed by atoms with E-state index in [0.717, 1.165) is 0 Å². The summed E-state index contributed by atoms with van der Waals surface area (Å²) in [6, 6.07) is 0. The minimum absolute atomic E-state index is 0.0263. The summed E-state index contributed by atoms with van der Waals surface area (Å²) >= 11 is 0. The summed E-state index contributed by atoms with van der Waals surface area (Å²) in [6.07, 6.45) is -0.551. The molecule has 0 rings (SSSR count). The minimum atomic E-state index is -0.433. The van der Waals surface area contributed by atoms with Gasteiger partial charge in [-0.1, -0.05) is 41.5 Å². The average Bonchev–Trinajstić information content (AvgIpc) is 1.83. The van der Waals surface area contributed by atoms with Crippen LogP contribution in [0.3, 0.4) is 0 Å². The molecule has 0 heterocycles. The maximum Gasteiger partial charge on any atom is 0.0883 e. The van der Waals surface area contributed by atoms with Gasteiger partial charge in [0.05, 0.1) is 12.2 Å². The van der Waals surface area contributed by atoms with Crippen molar-refractivity contribution < 1.29 is 9.84 Å². The number of hydrogen-bond acceptors (Lipinski definition) is 2. The monoisotopic (exact) mass is 188 g/mol. The van der Waals surface area contributed by atoms with Crippen LogP contribution in [0.15, 0.2) is 0 Å². The fourth-order valence-electron chi connectivity index (χ4n) is 1.41. The van der Waals surface area contributed by atoms with Crippen molar-refractivity contribution >= 4 is 0 Å². The molecule has 0 aromatic carbocycles. The lowest BCUT2D eigenvalue weighted by molar-refractivity contribution is -0.110. The van der Waals surface area contributed by atoms with E-state index in [4.69, 9.17) is 4.74 Å². The summed E-state index contributed by atoms with van der Waals surface area (Å²) in [6.45, 7) is 12.3. The van der Waals surface area contributed by atoms with Gasteiger partial charge in [0.25, 0.3) is 0 Å². The van der Waals surface area contributed by atoms with Gasteiger partial charge < -0.3 is 9.84 Å². The van der Waals surface area contributed by atoms with Crippen molar-refractivity contribution in [2.45, 2.75) is 53.8 Å². The lowest BCUT2D eigenvalue weighted by Gasteiger charge is -2.39. The molecular weight excluding hydrogens is 164 g/mol. The molecule has 80 valence electrons. The molecule has 0 aromatic rings. The van der Waals surface area contributed by atoms with Gasteiger partial charge in [0.15, 0.2) is 0 Å². The van der Waals surface area contributed by atoms with Crippen LogP contribution in [0, 0.1) is 10.8 Å². The molecule has 0 aliphatic rings. The van der Waals surface area contributed by atoms with Crippen LogP contribution in [0.25, 0.3) is 0 Å². The number of ether oxygens (including phenoxy) is 1. The third-order valence-electron chi connectivity index (χ3n) is 2.28. The van der Waals surface area contributed by atoms with Crippen LogP contribution in [-0.2, 0) is 4.74 Å². The molecule has 0 fully saturated rings. The van der Waals surface area contributed by atoms with Crippen molar-refractivity contribution in [3.8, 4) is 0 Å². The second-order valence-corrected chi connectivity index (χ2v) is 5.83. The SMILES string of the molecule is COC(C(O)C(C)(C)C)C(C)(C)C. The second-order valence-electron chi connectivity index (χ2n) is 5.83. The largest absolute Gasteiger partial charge is 0.390 e. The summed E-state index contributed by atoms with van der Waals surface area (Å²) < 4.78 is 5.35. The van der Waals surface area contributed by atoms with E-state index in [1.807, 2.05) is 20.8 Å². The lowest BCUT2D eigenvalue weighted by atomic mass is 9.76. The molecule has 0 amide bonds. The third kappa shape index (κ3) is 3.65. The predicted octanol–water partition coefficient (Wildman–Crippen LogP) is 2.45. The average molecular weight is 188 g/mol. The van der Waals surface area contributed by atoms with Gasteiger partial charge in [0, 0.05) is 7.11 Å². The van der Waals surface area contributed by atoms with Gasteiger partial charge >= 0.3 is 0 Å². The van der Waals surface area contributed by atoms with Crippen molar-refractivity contribution in [3.63, 3.8) is 0 Å². The molecule has 0 bridgehead atoms. The standard InChI is InChI=1S/C11H24O2/c1-10(2,3)8(12)9(13-7)11(4,5)6/h8-9,12H,1-7H3. The molecule has 2 heteroatoms. The molecule has 2 unspecified atom stereocenters. The van der Waals surface area contributed by atoms with Crippen molar-refractivity contribution in [1.29, 1.82) is 0 Å². The first-order chi connectivity index (χ1) is 5.60. The van der Waals surface area contributed by atoms with E-state index >= 15 is 0 Å². The number of aliphatic hydroxyl groups is 1. The Morgan fingerprint density at radius 3 is 1.38 bits per heavy atom. The highest BCUT2D eigenvalue weighted by Gasteiger charge is 2.37. The van der Waals surface area contributed by atoms with Gasteiger partial charge in [-0.15, -0.1) is 0 Å².